The Balaban J connectivity index is 1.61. The number of carbonyl (C=O) groups is 2. The summed E-state index contributed by atoms with van der Waals surface area (Å²) in [5, 5.41) is 16.9. The number of carbonyl (C=O) groups excluding carboxylic acids is 1. The van der Waals surface area contributed by atoms with Crippen molar-refractivity contribution in [3.8, 4) is 0 Å². The summed E-state index contributed by atoms with van der Waals surface area (Å²) < 4.78 is 27.9. The normalized spacial score (nSPS) is 17.1. The quantitative estimate of drug-likeness (QED) is 0.519. The Labute approximate surface area is 197 Å². The number of amides is 2. The van der Waals surface area contributed by atoms with Crippen LogP contribution in [0.15, 0.2) is 53.4 Å². The lowest BCUT2D eigenvalue weighted by molar-refractivity contribution is 0.0198. The SMILES string of the molecule is CC(C)(C)C1CN(C(=O)c2ccc3[nH]nc(NS(=O)(=O)c4ccccc4)c3c2)CCN1C(=O)O. The topological polar surface area (TPSA) is 136 Å². The van der Waals surface area contributed by atoms with Gasteiger partial charge in [-0.1, -0.05) is 39.0 Å². The van der Waals surface area contributed by atoms with Crippen molar-refractivity contribution in [2.24, 2.45) is 5.41 Å². The number of sulfonamides is 1. The highest BCUT2D eigenvalue weighted by Gasteiger charge is 2.39. The van der Waals surface area contributed by atoms with Crippen molar-refractivity contribution in [3.05, 3.63) is 54.1 Å². The molecule has 3 N–H and O–H groups in total. The standard InChI is InChI=1S/C23H27N5O5S/c1-23(2,3)19-14-27(11-12-28(19)22(30)31)21(29)15-9-10-18-17(13-15)20(25-24-18)26-34(32,33)16-7-5-4-6-8-16/h4-10,13,19H,11-12,14H2,1-3H3,(H,30,31)(H2,24,25,26). The van der Waals surface area contributed by atoms with Crippen molar-refractivity contribution in [1.29, 1.82) is 0 Å². The number of rotatable bonds is 4. The lowest BCUT2D eigenvalue weighted by Crippen LogP contribution is -2.60. The maximum Gasteiger partial charge on any atom is 0.407 e. The Morgan fingerprint density at radius 2 is 1.82 bits per heavy atom. The number of aromatic nitrogens is 2. The molecule has 0 saturated carbocycles. The molecule has 1 saturated heterocycles. The van der Waals surface area contributed by atoms with E-state index >= 15 is 0 Å². The van der Waals surface area contributed by atoms with E-state index in [0.29, 0.717) is 16.5 Å². The van der Waals surface area contributed by atoms with Gasteiger partial charge in [0.1, 0.15) is 0 Å². The molecule has 1 aliphatic rings. The van der Waals surface area contributed by atoms with E-state index in [4.69, 9.17) is 0 Å². The fourth-order valence-corrected chi connectivity index (χ4v) is 5.17. The zero-order chi connectivity index (χ0) is 24.7. The number of piperazine rings is 1. The number of nitrogens with zero attached hydrogens (tertiary/aromatic N) is 3. The molecule has 180 valence electrons. The smallest absolute Gasteiger partial charge is 0.407 e. The van der Waals surface area contributed by atoms with Gasteiger partial charge in [-0.2, -0.15) is 5.10 Å². The van der Waals surface area contributed by atoms with E-state index in [9.17, 15) is 23.1 Å². The highest BCUT2D eigenvalue weighted by atomic mass is 32.2. The van der Waals surface area contributed by atoms with E-state index in [1.807, 2.05) is 20.8 Å². The lowest BCUT2D eigenvalue weighted by Gasteiger charge is -2.45. The summed E-state index contributed by atoms with van der Waals surface area (Å²) in [5.41, 5.74) is 0.588. The highest BCUT2D eigenvalue weighted by molar-refractivity contribution is 7.92. The maximum atomic E-state index is 13.3. The second kappa shape index (κ2) is 8.64. The number of hydrogen-bond donors (Lipinski definition) is 3. The first-order chi connectivity index (χ1) is 16.0. The summed E-state index contributed by atoms with van der Waals surface area (Å²) in [7, 11) is -3.86. The van der Waals surface area contributed by atoms with Gasteiger partial charge in [0.2, 0.25) is 0 Å². The van der Waals surface area contributed by atoms with Crippen LogP contribution in [0, 0.1) is 5.41 Å². The number of nitrogens with one attached hydrogen (secondary N) is 2. The van der Waals surface area contributed by atoms with Gasteiger partial charge in [0.05, 0.1) is 16.5 Å². The molecule has 34 heavy (non-hydrogen) atoms. The molecule has 3 aromatic rings. The average molecular weight is 486 g/mol. The van der Waals surface area contributed by atoms with Gasteiger partial charge in [0, 0.05) is 30.6 Å². The number of fused-ring (bicyclic) bond motifs is 1. The molecule has 1 unspecified atom stereocenters. The van der Waals surface area contributed by atoms with E-state index in [2.05, 4.69) is 14.9 Å². The Bertz CT molecular complexity index is 1330. The van der Waals surface area contributed by atoms with Gasteiger partial charge < -0.3 is 14.9 Å². The van der Waals surface area contributed by atoms with Crippen LogP contribution < -0.4 is 4.72 Å². The number of hydrogen-bond acceptors (Lipinski definition) is 5. The molecule has 10 nitrogen and oxygen atoms in total. The van der Waals surface area contributed by atoms with Crippen LogP contribution in [-0.2, 0) is 10.0 Å². The molecule has 1 fully saturated rings. The molecule has 2 amide bonds. The number of anilines is 1. The predicted octanol–water partition coefficient (Wildman–Crippen LogP) is 3.21. The van der Waals surface area contributed by atoms with Crippen LogP contribution in [0.3, 0.4) is 0 Å². The molecule has 1 aliphatic heterocycles. The molecule has 4 rings (SSSR count). The number of aromatic amines is 1. The minimum absolute atomic E-state index is 0.0942. The summed E-state index contributed by atoms with van der Waals surface area (Å²) in [6.07, 6.45) is -0.998. The Kier molecular flexibility index (Phi) is 5.98. The first-order valence-electron chi connectivity index (χ1n) is 10.8. The van der Waals surface area contributed by atoms with Crippen molar-refractivity contribution in [1.82, 2.24) is 20.0 Å². The van der Waals surface area contributed by atoms with E-state index in [0.717, 1.165) is 0 Å². The van der Waals surface area contributed by atoms with E-state index in [-0.39, 0.29) is 47.7 Å². The van der Waals surface area contributed by atoms with Crippen LogP contribution in [0.1, 0.15) is 31.1 Å². The largest absolute Gasteiger partial charge is 0.465 e. The third-order valence-corrected chi connectivity index (χ3v) is 7.36. The predicted molar refractivity (Wildman–Crippen MR) is 127 cm³/mol. The third-order valence-electron chi connectivity index (χ3n) is 6.01. The summed E-state index contributed by atoms with van der Waals surface area (Å²) in [5.74, 6) is -0.156. The zero-order valence-corrected chi connectivity index (χ0v) is 20.0. The summed E-state index contributed by atoms with van der Waals surface area (Å²) in [6, 6.07) is 12.5. The Morgan fingerprint density at radius 1 is 1.12 bits per heavy atom. The maximum absolute atomic E-state index is 13.3. The van der Waals surface area contributed by atoms with Crippen LogP contribution in [0.5, 0.6) is 0 Å². The first kappa shape index (κ1) is 23.6. The second-order valence-corrected chi connectivity index (χ2v) is 11.0. The number of benzene rings is 2. The second-order valence-electron chi connectivity index (χ2n) is 9.36. The van der Waals surface area contributed by atoms with Crippen LogP contribution in [-0.4, -0.2) is 71.2 Å². The highest BCUT2D eigenvalue weighted by Crippen LogP contribution is 2.29. The van der Waals surface area contributed by atoms with Gasteiger partial charge in [-0.05, 0) is 35.7 Å². The van der Waals surface area contributed by atoms with Gasteiger partial charge in [0.25, 0.3) is 15.9 Å². The average Bonchev–Trinajstić information content (AvgIpc) is 3.19. The molecule has 1 aromatic heterocycles. The monoisotopic (exact) mass is 485 g/mol. The van der Waals surface area contributed by atoms with Gasteiger partial charge in [-0.3, -0.25) is 14.6 Å². The van der Waals surface area contributed by atoms with Gasteiger partial charge in [-0.25, -0.2) is 13.2 Å². The molecular formula is C23H27N5O5S. The lowest BCUT2D eigenvalue weighted by atomic mass is 9.84. The molecule has 0 aliphatic carbocycles. The summed E-state index contributed by atoms with van der Waals surface area (Å²) in [4.78, 5) is 28.1. The fourth-order valence-electron chi connectivity index (χ4n) is 4.13. The van der Waals surface area contributed by atoms with Crippen molar-refractivity contribution < 1.29 is 23.1 Å². The molecule has 2 heterocycles. The van der Waals surface area contributed by atoms with Crippen LogP contribution in [0.4, 0.5) is 10.6 Å². The minimum Gasteiger partial charge on any atom is -0.465 e. The van der Waals surface area contributed by atoms with Crippen molar-refractivity contribution in [2.45, 2.75) is 31.7 Å². The van der Waals surface area contributed by atoms with E-state index in [1.165, 1.54) is 17.0 Å². The van der Waals surface area contributed by atoms with Crippen molar-refractivity contribution in [2.75, 3.05) is 24.4 Å². The van der Waals surface area contributed by atoms with E-state index < -0.39 is 16.1 Å². The molecule has 0 spiro atoms. The first-order valence-corrected chi connectivity index (χ1v) is 12.3. The fraction of sp³-hybridized carbons (Fsp3) is 0.348. The van der Waals surface area contributed by atoms with Gasteiger partial charge in [-0.15, -0.1) is 0 Å². The van der Waals surface area contributed by atoms with Crippen LogP contribution in [0.2, 0.25) is 0 Å². The van der Waals surface area contributed by atoms with E-state index in [1.54, 1.807) is 41.3 Å². The number of H-pyrrole nitrogens is 1. The molecule has 11 heteroatoms. The summed E-state index contributed by atoms with van der Waals surface area (Å²) >= 11 is 0. The zero-order valence-electron chi connectivity index (χ0n) is 19.1. The van der Waals surface area contributed by atoms with Crippen molar-refractivity contribution in [3.63, 3.8) is 0 Å². The van der Waals surface area contributed by atoms with Gasteiger partial charge >= 0.3 is 6.09 Å². The Morgan fingerprint density at radius 3 is 2.47 bits per heavy atom. The molecular weight excluding hydrogens is 458 g/mol. The molecule has 0 radical (unpaired) electrons. The number of carboxylic acid groups (broad SMARTS) is 1. The van der Waals surface area contributed by atoms with Crippen molar-refractivity contribution >= 4 is 38.7 Å². The molecule has 0 bridgehead atoms. The molecule has 2 aromatic carbocycles. The van der Waals surface area contributed by atoms with Crippen LogP contribution >= 0.6 is 0 Å². The Hall–Kier alpha value is -3.60. The summed E-state index contributed by atoms with van der Waals surface area (Å²) in [6.45, 7) is 6.61. The van der Waals surface area contributed by atoms with Crippen LogP contribution in [0.25, 0.3) is 10.9 Å². The van der Waals surface area contributed by atoms with Gasteiger partial charge in [0.15, 0.2) is 5.82 Å². The minimum atomic E-state index is -3.86. The molecule has 1 atom stereocenters. The third kappa shape index (κ3) is 4.56.